The Morgan fingerprint density at radius 2 is 2.05 bits per heavy atom. The third-order valence-electron chi connectivity index (χ3n) is 2.66. The molecule has 0 aromatic heterocycles. The average Bonchev–Trinajstić information content (AvgIpc) is 2.43. The SMILES string of the molecule is COc1cc(NC(=O)c2cc(F)ccc2Br)ccc1N. The van der Waals surface area contributed by atoms with Crippen molar-refractivity contribution < 1.29 is 13.9 Å². The van der Waals surface area contributed by atoms with Crippen molar-refractivity contribution in [3.05, 3.63) is 52.3 Å². The van der Waals surface area contributed by atoms with Gasteiger partial charge in [0.1, 0.15) is 11.6 Å². The predicted octanol–water partition coefficient (Wildman–Crippen LogP) is 3.43. The van der Waals surface area contributed by atoms with Crippen molar-refractivity contribution in [3.63, 3.8) is 0 Å². The van der Waals surface area contributed by atoms with Crippen LogP contribution in [0.1, 0.15) is 10.4 Å². The molecule has 0 atom stereocenters. The van der Waals surface area contributed by atoms with Crippen LogP contribution >= 0.6 is 15.9 Å². The van der Waals surface area contributed by atoms with Gasteiger partial charge >= 0.3 is 0 Å². The fourth-order valence-electron chi connectivity index (χ4n) is 1.66. The van der Waals surface area contributed by atoms with Gasteiger partial charge in [0, 0.05) is 16.2 Å². The Kier molecular flexibility index (Phi) is 4.24. The number of nitrogen functional groups attached to an aromatic ring is 1. The summed E-state index contributed by atoms with van der Waals surface area (Å²) in [4.78, 5) is 12.1. The van der Waals surface area contributed by atoms with Gasteiger partial charge in [-0.15, -0.1) is 0 Å². The highest BCUT2D eigenvalue weighted by molar-refractivity contribution is 9.10. The Morgan fingerprint density at radius 1 is 1.30 bits per heavy atom. The van der Waals surface area contributed by atoms with E-state index in [9.17, 15) is 9.18 Å². The second kappa shape index (κ2) is 5.92. The first-order valence-corrected chi connectivity index (χ1v) is 6.50. The summed E-state index contributed by atoms with van der Waals surface area (Å²) in [5.41, 5.74) is 6.88. The summed E-state index contributed by atoms with van der Waals surface area (Å²) >= 11 is 3.21. The van der Waals surface area contributed by atoms with Crippen LogP contribution in [-0.2, 0) is 0 Å². The molecule has 0 unspecified atom stereocenters. The second-order valence-corrected chi connectivity index (χ2v) is 4.89. The number of ether oxygens (including phenoxy) is 1. The maximum atomic E-state index is 13.2. The number of nitrogens with one attached hydrogen (secondary N) is 1. The van der Waals surface area contributed by atoms with E-state index in [0.717, 1.165) is 6.07 Å². The summed E-state index contributed by atoms with van der Waals surface area (Å²) < 4.78 is 18.8. The van der Waals surface area contributed by atoms with E-state index in [2.05, 4.69) is 21.2 Å². The summed E-state index contributed by atoms with van der Waals surface area (Å²) in [6.07, 6.45) is 0. The lowest BCUT2D eigenvalue weighted by Gasteiger charge is -2.10. The zero-order valence-corrected chi connectivity index (χ0v) is 12.2. The van der Waals surface area contributed by atoms with Crippen LogP contribution < -0.4 is 15.8 Å². The molecule has 0 aliphatic carbocycles. The average molecular weight is 339 g/mol. The van der Waals surface area contributed by atoms with Crippen LogP contribution in [0.5, 0.6) is 5.75 Å². The number of rotatable bonds is 3. The molecule has 1 amide bonds. The Balaban J connectivity index is 2.25. The molecule has 2 aromatic carbocycles. The van der Waals surface area contributed by atoms with Gasteiger partial charge in [-0.3, -0.25) is 4.79 Å². The van der Waals surface area contributed by atoms with Crippen molar-refractivity contribution in [1.82, 2.24) is 0 Å². The molecule has 0 bridgehead atoms. The first-order valence-electron chi connectivity index (χ1n) is 5.71. The van der Waals surface area contributed by atoms with Crippen LogP contribution in [0.15, 0.2) is 40.9 Å². The third-order valence-corrected chi connectivity index (χ3v) is 3.36. The van der Waals surface area contributed by atoms with E-state index in [4.69, 9.17) is 10.5 Å². The van der Waals surface area contributed by atoms with E-state index in [-0.39, 0.29) is 5.56 Å². The van der Waals surface area contributed by atoms with E-state index >= 15 is 0 Å². The number of hydrogen-bond donors (Lipinski definition) is 2. The highest BCUT2D eigenvalue weighted by Crippen LogP contribution is 2.26. The van der Waals surface area contributed by atoms with Gasteiger partial charge in [-0.25, -0.2) is 4.39 Å². The first kappa shape index (κ1) is 14.3. The molecular weight excluding hydrogens is 327 g/mol. The van der Waals surface area contributed by atoms with Gasteiger partial charge < -0.3 is 15.8 Å². The lowest BCUT2D eigenvalue weighted by atomic mass is 10.2. The van der Waals surface area contributed by atoms with Crippen molar-refractivity contribution in [2.45, 2.75) is 0 Å². The first-order chi connectivity index (χ1) is 9.51. The van der Waals surface area contributed by atoms with Gasteiger partial charge in [-0.05, 0) is 46.3 Å². The number of carbonyl (C=O) groups is 1. The number of halogens is 2. The predicted molar refractivity (Wildman–Crippen MR) is 79.5 cm³/mol. The fraction of sp³-hybridized carbons (Fsp3) is 0.0714. The van der Waals surface area contributed by atoms with Gasteiger partial charge in [0.25, 0.3) is 5.91 Å². The van der Waals surface area contributed by atoms with E-state index in [1.165, 1.54) is 19.2 Å². The summed E-state index contributed by atoms with van der Waals surface area (Å²) in [5.74, 6) is -0.447. The molecule has 0 aliphatic heterocycles. The van der Waals surface area contributed by atoms with Crippen LogP contribution in [0.25, 0.3) is 0 Å². The van der Waals surface area contributed by atoms with Gasteiger partial charge in [-0.2, -0.15) is 0 Å². The van der Waals surface area contributed by atoms with Crippen molar-refractivity contribution in [3.8, 4) is 5.75 Å². The molecule has 0 saturated carbocycles. The topological polar surface area (TPSA) is 64.3 Å². The van der Waals surface area contributed by atoms with Crippen molar-refractivity contribution in [1.29, 1.82) is 0 Å². The van der Waals surface area contributed by atoms with Crippen molar-refractivity contribution in [2.24, 2.45) is 0 Å². The largest absolute Gasteiger partial charge is 0.495 e. The van der Waals surface area contributed by atoms with Gasteiger partial charge in [-0.1, -0.05) is 0 Å². The lowest BCUT2D eigenvalue weighted by molar-refractivity contribution is 0.102. The number of methoxy groups -OCH3 is 1. The van der Waals surface area contributed by atoms with Crippen LogP contribution in [0.3, 0.4) is 0 Å². The second-order valence-electron chi connectivity index (χ2n) is 4.04. The molecule has 20 heavy (non-hydrogen) atoms. The molecule has 2 aromatic rings. The Hall–Kier alpha value is -2.08. The zero-order chi connectivity index (χ0) is 14.7. The quantitative estimate of drug-likeness (QED) is 0.842. The zero-order valence-electron chi connectivity index (χ0n) is 10.6. The standard InChI is InChI=1S/C14H12BrFN2O2/c1-20-13-7-9(3-5-12(13)17)18-14(19)10-6-8(16)2-4-11(10)15/h2-7H,17H2,1H3,(H,18,19). The molecule has 2 rings (SSSR count). The molecule has 0 spiro atoms. The van der Waals surface area contributed by atoms with Crippen LogP contribution in [-0.4, -0.2) is 13.0 Å². The van der Waals surface area contributed by atoms with Crippen molar-refractivity contribution in [2.75, 3.05) is 18.2 Å². The molecule has 0 fully saturated rings. The number of carbonyl (C=O) groups excluding carboxylic acids is 1. The minimum absolute atomic E-state index is 0.209. The van der Waals surface area contributed by atoms with Gasteiger partial charge in [0.05, 0.1) is 18.4 Å². The van der Waals surface area contributed by atoms with Gasteiger partial charge in [0.2, 0.25) is 0 Å². The Labute approximate surface area is 123 Å². The van der Waals surface area contributed by atoms with Crippen molar-refractivity contribution >= 4 is 33.2 Å². The molecule has 4 nitrogen and oxygen atoms in total. The maximum absolute atomic E-state index is 13.2. The molecular formula is C14H12BrFN2O2. The van der Waals surface area contributed by atoms with E-state index in [1.54, 1.807) is 18.2 Å². The maximum Gasteiger partial charge on any atom is 0.256 e. The van der Waals surface area contributed by atoms with E-state index in [0.29, 0.717) is 21.6 Å². The molecule has 0 aliphatic rings. The number of benzene rings is 2. The molecule has 104 valence electrons. The van der Waals surface area contributed by atoms with Gasteiger partial charge in [0.15, 0.2) is 0 Å². The highest BCUT2D eigenvalue weighted by atomic mass is 79.9. The smallest absolute Gasteiger partial charge is 0.256 e. The number of amides is 1. The van der Waals surface area contributed by atoms with Crippen LogP contribution in [0, 0.1) is 5.82 Å². The monoisotopic (exact) mass is 338 g/mol. The molecule has 0 heterocycles. The molecule has 0 radical (unpaired) electrons. The molecule has 6 heteroatoms. The Bertz CT molecular complexity index is 662. The van der Waals surface area contributed by atoms with Crippen LogP contribution in [0.4, 0.5) is 15.8 Å². The highest BCUT2D eigenvalue weighted by Gasteiger charge is 2.12. The normalized spacial score (nSPS) is 10.2. The number of anilines is 2. The fourth-order valence-corrected chi connectivity index (χ4v) is 2.09. The summed E-state index contributed by atoms with van der Waals surface area (Å²) in [6, 6.07) is 8.77. The van der Waals surface area contributed by atoms with Crippen LogP contribution in [0.2, 0.25) is 0 Å². The summed E-state index contributed by atoms with van der Waals surface area (Å²) in [6.45, 7) is 0. The molecule has 0 saturated heterocycles. The minimum atomic E-state index is -0.478. The minimum Gasteiger partial charge on any atom is -0.495 e. The van der Waals surface area contributed by atoms with E-state index < -0.39 is 11.7 Å². The number of hydrogen-bond acceptors (Lipinski definition) is 3. The Morgan fingerprint density at radius 3 is 2.75 bits per heavy atom. The molecule has 3 N–H and O–H groups in total. The summed E-state index contributed by atoms with van der Waals surface area (Å²) in [5, 5.41) is 2.66. The summed E-state index contributed by atoms with van der Waals surface area (Å²) in [7, 11) is 1.49. The van der Waals surface area contributed by atoms with E-state index in [1.807, 2.05) is 0 Å². The third kappa shape index (κ3) is 3.08. The lowest BCUT2D eigenvalue weighted by Crippen LogP contribution is -2.13. The number of nitrogens with two attached hydrogens (primary N) is 1.